The topological polar surface area (TPSA) is 30.5 Å². The first-order chi connectivity index (χ1) is 9.78. The highest BCUT2D eigenvalue weighted by atomic mass is 16.5. The highest BCUT2D eigenvalue weighted by Gasteiger charge is 2.13. The minimum Gasteiger partial charge on any atom is -0.493 e. The average Bonchev–Trinajstić information content (AvgIpc) is 2.53. The Kier molecular flexibility index (Phi) is 5.02. The van der Waals surface area contributed by atoms with Gasteiger partial charge in [0.15, 0.2) is 11.5 Å². The maximum atomic E-state index is 5.37. The second-order valence-corrected chi connectivity index (χ2v) is 4.65. The number of nitrogens with one attached hydrogen (secondary N) is 1. The van der Waals surface area contributed by atoms with Gasteiger partial charge in [-0.05, 0) is 36.7 Å². The fourth-order valence-corrected chi connectivity index (χ4v) is 2.31. The van der Waals surface area contributed by atoms with Gasteiger partial charge in [-0.15, -0.1) is 0 Å². The molecule has 0 radical (unpaired) electrons. The Labute approximate surface area is 120 Å². The average molecular weight is 271 g/mol. The van der Waals surface area contributed by atoms with Crippen LogP contribution in [0.25, 0.3) is 0 Å². The van der Waals surface area contributed by atoms with Gasteiger partial charge in [0.05, 0.1) is 14.2 Å². The summed E-state index contributed by atoms with van der Waals surface area (Å²) in [5.74, 6) is 1.52. The van der Waals surface area contributed by atoms with Crippen molar-refractivity contribution in [2.45, 2.75) is 12.5 Å². The summed E-state index contributed by atoms with van der Waals surface area (Å²) >= 11 is 0. The van der Waals surface area contributed by atoms with E-state index in [1.165, 1.54) is 11.1 Å². The molecule has 0 aromatic heterocycles. The van der Waals surface area contributed by atoms with Crippen LogP contribution in [0.3, 0.4) is 0 Å². The lowest BCUT2D eigenvalue weighted by atomic mass is 9.98. The Morgan fingerprint density at radius 1 is 0.950 bits per heavy atom. The molecule has 0 saturated carbocycles. The lowest BCUT2D eigenvalue weighted by Gasteiger charge is -2.18. The quantitative estimate of drug-likeness (QED) is 0.875. The van der Waals surface area contributed by atoms with Crippen LogP contribution in [-0.2, 0) is 6.42 Å². The lowest BCUT2D eigenvalue weighted by Crippen LogP contribution is -2.18. The first-order valence-electron chi connectivity index (χ1n) is 6.71. The molecule has 0 bridgehead atoms. The zero-order valence-corrected chi connectivity index (χ0v) is 12.2. The van der Waals surface area contributed by atoms with Crippen molar-refractivity contribution in [3.05, 3.63) is 59.7 Å². The van der Waals surface area contributed by atoms with E-state index in [1.807, 2.05) is 25.2 Å². The Bertz CT molecular complexity index is 540. The van der Waals surface area contributed by atoms with Gasteiger partial charge in [0.2, 0.25) is 0 Å². The van der Waals surface area contributed by atoms with Crippen molar-refractivity contribution >= 4 is 0 Å². The van der Waals surface area contributed by atoms with Crippen molar-refractivity contribution in [1.82, 2.24) is 5.32 Å². The van der Waals surface area contributed by atoms with E-state index in [4.69, 9.17) is 9.47 Å². The molecule has 1 N–H and O–H groups in total. The summed E-state index contributed by atoms with van der Waals surface area (Å²) in [4.78, 5) is 0. The van der Waals surface area contributed by atoms with Gasteiger partial charge in [0.25, 0.3) is 0 Å². The van der Waals surface area contributed by atoms with Gasteiger partial charge in [-0.2, -0.15) is 0 Å². The Hall–Kier alpha value is -2.00. The molecule has 2 aromatic carbocycles. The third kappa shape index (κ3) is 3.31. The fraction of sp³-hybridized carbons (Fsp3) is 0.294. The minimum absolute atomic E-state index is 0.247. The number of methoxy groups -OCH3 is 2. The zero-order valence-electron chi connectivity index (χ0n) is 12.2. The van der Waals surface area contributed by atoms with Crippen LogP contribution < -0.4 is 14.8 Å². The van der Waals surface area contributed by atoms with Crippen LogP contribution in [0.4, 0.5) is 0 Å². The van der Waals surface area contributed by atoms with Gasteiger partial charge in [-0.1, -0.05) is 36.4 Å². The molecular weight excluding hydrogens is 250 g/mol. The zero-order chi connectivity index (χ0) is 14.4. The van der Waals surface area contributed by atoms with Crippen LogP contribution in [0, 0.1) is 0 Å². The van der Waals surface area contributed by atoms with Crippen LogP contribution in [0.15, 0.2) is 48.5 Å². The summed E-state index contributed by atoms with van der Waals surface area (Å²) in [7, 11) is 5.29. The number of benzene rings is 2. The highest BCUT2D eigenvalue weighted by molar-refractivity contribution is 5.44. The van der Waals surface area contributed by atoms with Gasteiger partial charge in [-0.3, -0.25) is 0 Å². The summed E-state index contributed by atoms with van der Waals surface area (Å²) in [5, 5.41) is 3.36. The van der Waals surface area contributed by atoms with Gasteiger partial charge in [0, 0.05) is 6.04 Å². The van der Waals surface area contributed by atoms with Crippen molar-refractivity contribution in [1.29, 1.82) is 0 Å². The Balaban J connectivity index is 2.23. The van der Waals surface area contributed by atoms with Crippen LogP contribution in [0.1, 0.15) is 17.2 Å². The largest absolute Gasteiger partial charge is 0.493 e. The second kappa shape index (κ2) is 6.96. The van der Waals surface area contributed by atoms with E-state index in [1.54, 1.807) is 14.2 Å². The smallest absolute Gasteiger partial charge is 0.161 e. The van der Waals surface area contributed by atoms with Crippen molar-refractivity contribution in [2.24, 2.45) is 0 Å². The van der Waals surface area contributed by atoms with E-state index in [2.05, 4.69) is 35.6 Å². The Morgan fingerprint density at radius 3 is 2.25 bits per heavy atom. The molecule has 3 heteroatoms. The van der Waals surface area contributed by atoms with E-state index < -0.39 is 0 Å². The van der Waals surface area contributed by atoms with E-state index in [0.29, 0.717) is 0 Å². The van der Waals surface area contributed by atoms with Gasteiger partial charge >= 0.3 is 0 Å². The number of hydrogen-bond acceptors (Lipinski definition) is 3. The number of ether oxygens (including phenoxy) is 2. The highest BCUT2D eigenvalue weighted by Crippen LogP contribution is 2.30. The molecule has 106 valence electrons. The van der Waals surface area contributed by atoms with E-state index in [-0.39, 0.29) is 6.04 Å². The van der Waals surface area contributed by atoms with Crippen molar-refractivity contribution in [3.8, 4) is 11.5 Å². The molecule has 0 saturated heterocycles. The molecule has 0 amide bonds. The normalized spacial score (nSPS) is 11.9. The Morgan fingerprint density at radius 2 is 1.65 bits per heavy atom. The predicted octanol–water partition coefficient (Wildman–Crippen LogP) is 3.21. The summed E-state index contributed by atoms with van der Waals surface area (Å²) in [6.07, 6.45) is 0.937. The fourth-order valence-electron chi connectivity index (χ4n) is 2.31. The van der Waals surface area contributed by atoms with Crippen molar-refractivity contribution in [2.75, 3.05) is 21.3 Å². The standard InChI is InChI=1S/C17H21NO2/c1-18-15(11-13-7-5-4-6-8-13)14-9-10-16(19-2)17(12-14)20-3/h4-10,12,15,18H,11H2,1-3H3/t15-/m0/s1. The SMILES string of the molecule is CN[C@@H](Cc1ccccc1)c1ccc(OC)c(OC)c1. The molecule has 1 atom stereocenters. The summed E-state index contributed by atoms with van der Waals surface area (Å²) in [6, 6.07) is 16.8. The third-order valence-electron chi connectivity index (χ3n) is 3.44. The summed E-state index contributed by atoms with van der Waals surface area (Å²) < 4.78 is 10.6. The second-order valence-electron chi connectivity index (χ2n) is 4.65. The van der Waals surface area contributed by atoms with Gasteiger partial charge in [0.1, 0.15) is 0 Å². The summed E-state index contributed by atoms with van der Waals surface area (Å²) in [6.45, 7) is 0. The monoisotopic (exact) mass is 271 g/mol. The molecular formula is C17H21NO2. The van der Waals surface area contributed by atoms with Crippen LogP contribution >= 0.6 is 0 Å². The van der Waals surface area contributed by atoms with E-state index >= 15 is 0 Å². The molecule has 2 rings (SSSR count). The van der Waals surface area contributed by atoms with E-state index in [9.17, 15) is 0 Å². The third-order valence-corrected chi connectivity index (χ3v) is 3.44. The molecule has 0 aliphatic carbocycles. The molecule has 0 fully saturated rings. The first-order valence-corrected chi connectivity index (χ1v) is 6.71. The molecule has 0 aliphatic rings. The van der Waals surface area contributed by atoms with Gasteiger partial charge in [-0.25, -0.2) is 0 Å². The van der Waals surface area contributed by atoms with Crippen LogP contribution in [-0.4, -0.2) is 21.3 Å². The lowest BCUT2D eigenvalue weighted by molar-refractivity contribution is 0.354. The molecule has 0 heterocycles. The molecule has 0 unspecified atom stereocenters. The molecule has 0 spiro atoms. The van der Waals surface area contributed by atoms with E-state index in [0.717, 1.165) is 17.9 Å². The maximum absolute atomic E-state index is 5.37. The molecule has 3 nitrogen and oxygen atoms in total. The molecule has 2 aromatic rings. The summed E-state index contributed by atoms with van der Waals surface area (Å²) in [5.41, 5.74) is 2.50. The van der Waals surface area contributed by atoms with Crippen LogP contribution in [0.2, 0.25) is 0 Å². The molecule has 0 aliphatic heterocycles. The number of hydrogen-bond donors (Lipinski definition) is 1. The maximum Gasteiger partial charge on any atom is 0.161 e. The first kappa shape index (κ1) is 14.4. The van der Waals surface area contributed by atoms with Crippen molar-refractivity contribution < 1.29 is 9.47 Å². The van der Waals surface area contributed by atoms with Crippen LogP contribution in [0.5, 0.6) is 11.5 Å². The molecule has 20 heavy (non-hydrogen) atoms. The van der Waals surface area contributed by atoms with Gasteiger partial charge < -0.3 is 14.8 Å². The predicted molar refractivity (Wildman–Crippen MR) is 81.5 cm³/mol. The number of likely N-dealkylation sites (N-methyl/N-ethyl adjacent to an activating group) is 1. The minimum atomic E-state index is 0.247. The van der Waals surface area contributed by atoms with Crippen molar-refractivity contribution in [3.63, 3.8) is 0 Å². The number of rotatable bonds is 6.